The van der Waals surface area contributed by atoms with Crippen LogP contribution in [-0.4, -0.2) is 42.5 Å². The van der Waals surface area contributed by atoms with Crippen LogP contribution in [0, 0.1) is 17.8 Å². The number of piperidine rings is 1. The molecular weight excluding hydrogens is 344 g/mol. The van der Waals surface area contributed by atoms with Crippen molar-refractivity contribution in [3.63, 3.8) is 0 Å². The van der Waals surface area contributed by atoms with E-state index in [4.69, 9.17) is 0 Å². The number of halogens is 2. The number of benzene rings is 2. The molecule has 0 saturated carbocycles. The van der Waals surface area contributed by atoms with Gasteiger partial charge in [-0.15, -0.1) is 0 Å². The molecule has 4 rings (SSSR count). The van der Waals surface area contributed by atoms with E-state index in [-0.39, 0.29) is 17.7 Å². The monoisotopic (exact) mass is 370 g/mol. The second kappa shape index (κ2) is 8.46. The molecule has 143 valence electrons. The van der Waals surface area contributed by atoms with Crippen LogP contribution < -0.4 is 5.32 Å². The van der Waals surface area contributed by atoms with Crippen LogP contribution in [0.1, 0.15) is 36.4 Å². The average molecular weight is 370 g/mol. The van der Waals surface area contributed by atoms with Crippen molar-refractivity contribution in [2.75, 3.05) is 32.7 Å². The molecule has 2 aliphatic rings. The van der Waals surface area contributed by atoms with Gasteiger partial charge in [0.1, 0.15) is 17.8 Å². The Labute approximate surface area is 160 Å². The molecule has 0 unspecified atom stereocenters. The molecule has 0 atom stereocenters. The first kappa shape index (κ1) is 18.5. The fourth-order valence-corrected chi connectivity index (χ4v) is 4.16. The van der Waals surface area contributed by atoms with E-state index in [1.807, 2.05) is 24.3 Å². The number of hydrogen-bond donors (Lipinski definition) is 1. The van der Waals surface area contributed by atoms with E-state index in [9.17, 15) is 8.78 Å². The fourth-order valence-electron chi connectivity index (χ4n) is 4.16. The Morgan fingerprint density at radius 2 is 1.30 bits per heavy atom. The molecule has 1 N–H and O–H groups in total. The summed E-state index contributed by atoms with van der Waals surface area (Å²) < 4.78 is 26.9. The largest absolute Gasteiger partial charge is 0.296 e. The van der Waals surface area contributed by atoms with Gasteiger partial charge in [0.25, 0.3) is 0 Å². The summed E-state index contributed by atoms with van der Waals surface area (Å²) in [6.45, 7) is 4.86. The van der Waals surface area contributed by atoms with Gasteiger partial charge in [0.2, 0.25) is 0 Å². The average Bonchev–Trinajstić information content (AvgIpc) is 2.72. The molecule has 5 heteroatoms. The Morgan fingerprint density at radius 1 is 0.741 bits per heavy atom. The van der Waals surface area contributed by atoms with Crippen LogP contribution in [0.15, 0.2) is 48.5 Å². The van der Waals surface area contributed by atoms with Gasteiger partial charge in [0, 0.05) is 26.2 Å². The quantitative estimate of drug-likeness (QED) is 0.880. The second-order valence-electron chi connectivity index (χ2n) is 7.36. The van der Waals surface area contributed by atoms with Gasteiger partial charge in [-0.3, -0.25) is 15.1 Å². The minimum Gasteiger partial charge on any atom is -0.296 e. The summed E-state index contributed by atoms with van der Waals surface area (Å²) in [5.41, 5.74) is 2.08. The molecule has 1 radical (unpaired) electrons. The van der Waals surface area contributed by atoms with E-state index in [0.717, 1.165) is 50.3 Å². The van der Waals surface area contributed by atoms with Crippen molar-refractivity contribution in [3.05, 3.63) is 77.5 Å². The summed E-state index contributed by atoms with van der Waals surface area (Å²) in [6, 6.07) is 13.4. The first-order valence-corrected chi connectivity index (χ1v) is 9.80. The highest BCUT2D eigenvalue weighted by Crippen LogP contribution is 2.31. The van der Waals surface area contributed by atoms with Crippen LogP contribution in [-0.2, 0) is 0 Å². The van der Waals surface area contributed by atoms with E-state index in [0.29, 0.717) is 0 Å². The zero-order valence-corrected chi connectivity index (χ0v) is 15.5. The van der Waals surface area contributed by atoms with Gasteiger partial charge in [-0.25, -0.2) is 8.78 Å². The van der Waals surface area contributed by atoms with E-state index in [2.05, 4.69) is 15.1 Å². The summed E-state index contributed by atoms with van der Waals surface area (Å²) in [5.74, 6) is -0.470. The predicted octanol–water partition coefficient (Wildman–Crippen LogP) is 3.93. The third-order valence-corrected chi connectivity index (χ3v) is 5.60. The zero-order chi connectivity index (χ0) is 18.6. The number of nitrogens with zero attached hydrogens (tertiary/aromatic N) is 2. The Bertz CT molecular complexity index is 673. The maximum absolute atomic E-state index is 13.4. The van der Waals surface area contributed by atoms with Crippen molar-refractivity contribution >= 4 is 0 Å². The molecule has 2 fully saturated rings. The molecule has 27 heavy (non-hydrogen) atoms. The summed E-state index contributed by atoms with van der Waals surface area (Å²) in [7, 11) is 0. The highest BCUT2D eigenvalue weighted by molar-refractivity contribution is 5.32. The standard InChI is InChI=1S/C22H26F2N3/c23-19-8-4-17(5-9-19)22(18-6-10-20(24)11-7-18)27-15-13-26(14-16-27)21-3-1-2-12-25-21/h4-11,22,25H,1-3,12-16H2. The van der Waals surface area contributed by atoms with Crippen LogP contribution in [0.25, 0.3) is 0 Å². The third kappa shape index (κ3) is 4.37. The molecule has 0 aromatic heterocycles. The van der Waals surface area contributed by atoms with Crippen LogP contribution in [0.5, 0.6) is 0 Å². The van der Waals surface area contributed by atoms with Crippen LogP contribution in [0.2, 0.25) is 0 Å². The molecule has 0 bridgehead atoms. The lowest BCUT2D eigenvalue weighted by atomic mass is 9.96. The number of nitrogens with one attached hydrogen (secondary N) is 1. The normalized spacial score (nSPS) is 20.3. The summed E-state index contributed by atoms with van der Waals surface area (Å²) in [4.78, 5) is 4.88. The maximum Gasteiger partial charge on any atom is 0.123 e. The Hall–Kier alpha value is -1.82. The highest BCUT2D eigenvalue weighted by Gasteiger charge is 2.30. The second-order valence-corrected chi connectivity index (χ2v) is 7.36. The van der Waals surface area contributed by atoms with Gasteiger partial charge in [0.05, 0.1) is 6.04 Å². The lowest BCUT2D eigenvalue weighted by Crippen LogP contribution is -2.52. The predicted molar refractivity (Wildman–Crippen MR) is 103 cm³/mol. The molecule has 0 aliphatic carbocycles. The number of piperazine rings is 1. The van der Waals surface area contributed by atoms with Crippen LogP contribution in [0.3, 0.4) is 0 Å². The lowest BCUT2D eigenvalue weighted by Gasteiger charge is -2.43. The molecule has 2 aromatic carbocycles. The molecule has 2 aliphatic heterocycles. The topological polar surface area (TPSA) is 18.5 Å². The molecule has 2 saturated heterocycles. The molecule has 2 aromatic rings. The first-order chi connectivity index (χ1) is 13.2. The van der Waals surface area contributed by atoms with E-state index >= 15 is 0 Å². The molecule has 0 spiro atoms. The van der Waals surface area contributed by atoms with E-state index < -0.39 is 0 Å². The van der Waals surface area contributed by atoms with Gasteiger partial charge in [-0.05, 0) is 61.2 Å². The highest BCUT2D eigenvalue weighted by atomic mass is 19.1. The van der Waals surface area contributed by atoms with Crippen molar-refractivity contribution in [1.82, 2.24) is 15.1 Å². The number of hydrogen-bond acceptors (Lipinski definition) is 3. The van der Waals surface area contributed by atoms with E-state index in [1.165, 1.54) is 43.3 Å². The van der Waals surface area contributed by atoms with Crippen LogP contribution in [0.4, 0.5) is 8.78 Å². The van der Waals surface area contributed by atoms with Gasteiger partial charge in [-0.1, -0.05) is 24.3 Å². The SMILES string of the molecule is Fc1ccc(C(c2ccc(F)cc2)N2CCN([C]3CCCCN3)CC2)cc1. The molecule has 0 amide bonds. The summed E-state index contributed by atoms with van der Waals surface area (Å²) in [5, 5.41) is 3.55. The van der Waals surface area contributed by atoms with E-state index in [1.54, 1.807) is 0 Å². The minimum atomic E-state index is -0.235. The molecular formula is C22H26F2N3. The van der Waals surface area contributed by atoms with Crippen molar-refractivity contribution < 1.29 is 8.78 Å². The van der Waals surface area contributed by atoms with Crippen molar-refractivity contribution in [2.24, 2.45) is 0 Å². The van der Waals surface area contributed by atoms with Crippen molar-refractivity contribution in [2.45, 2.75) is 25.3 Å². The van der Waals surface area contributed by atoms with Crippen LogP contribution >= 0.6 is 0 Å². The molecule has 2 heterocycles. The van der Waals surface area contributed by atoms with Crippen molar-refractivity contribution in [1.29, 1.82) is 0 Å². The smallest absolute Gasteiger partial charge is 0.123 e. The van der Waals surface area contributed by atoms with Gasteiger partial charge < -0.3 is 0 Å². The Morgan fingerprint density at radius 3 is 1.78 bits per heavy atom. The Kier molecular flexibility index (Phi) is 5.81. The number of rotatable bonds is 4. The third-order valence-electron chi connectivity index (χ3n) is 5.60. The van der Waals surface area contributed by atoms with Gasteiger partial charge in [-0.2, -0.15) is 0 Å². The van der Waals surface area contributed by atoms with Gasteiger partial charge in [0.15, 0.2) is 0 Å². The summed E-state index contributed by atoms with van der Waals surface area (Å²) >= 11 is 0. The Balaban J connectivity index is 1.52. The zero-order valence-electron chi connectivity index (χ0n) is 15.5. The first-order valence-electron chi connectivity index (χ1n) is 9.80. The summed E-state index contributed by atoms with van der Waals surface area (Å²) in [6.07, 6.45) is 5.03. The van der Waals surface area contributed by atoms with Gasteiger partial charge >= 0.3 is 0 Å². The molecule has 3 nitrogen and oxygen atoms in total. The fraction of sp³-hybridized carbons (Fsp3) is 0.409. The van der Waals surface area contributed by atoms with Crippen molar-refractivity contribution in [3.8, 4) is 0 Å². The maximum atomic E-state index is 13.4. The minimum absolute atomic E-state index is 0.0117. The lowest BCUT2D eigenvalue weighted by molar-refractivity contribution is 0.0975.